The van der Waals surface area contributed by atoms with E-state index in [1.807, 2.05) is 24.3 Å². The molecule has 0 aliphatic carbocycles. The Labute approximate surface area is 112 Å². The van der Waals surface area contributed by atoms with E-state index in [-0.39, 0.29) is 0 Å². The minimum Gasteiger partial charge on any atom is -0.397 e. The van der Waals surface area contributed by atoms with E-state index in [0.29, 0.717) is 5.69 Å². The zero-order valence-electron chi connectivity index (χ0n) is 8.24. The van der Waals surface area contributed by atoms with Gasteiger partial charge in [0, 0.05) is 14.8 Å². The summed E-state index contributed by atoms with van der Waals surface area (Å²) < 4.78 is 1.05. The summed E-state index contributed by atoms with van der Waals surface area (Å²) in [6, 6.07) is 7.49. The zero-order chi connectivity index (χ0) is 11.5. The Kier molecular flexibility index (Phi) is 3.50. The molecule has 0 radical (unpaired) electrons. The summed E-state index contributed by atoms with van der Waals surface area (Å²) in [5.74, 6) is 0. The maximum absolute atomic E-state index is 5.88. The third kappa shape index (κ3) is 2.76. The summed E-state index contributed by atoms with van der Waals surface area (Å²) in [7, 11) is 0. The van der Waals surface area contributed by atoms with Crippen LogP contribution in [-0.4, -0.2) is 4.98 Å². The van der Waals surface area contributed by atoms with E-state index in [4.69, 9.17) is 17.3 Å². The van der Waals surface area contributed by atoms with Crippen molar-refractivity contribution in [2.24, 2.45) is 0 Å². The second kappa shape index (κ2) is 4.88. The van der Waals surface area contributed by atoms with E-state index in [1.165, 1.54) is 0 Å². The van der Waals surface area contributed by atoms with Crippen LogP contribution in [0.1, 0.15) is 0 Å². The Balaban J connectivity index is 2.27. The van der Waals surface area contributed by atoms with Gasteiger partial charge in [-0.25, -0.2) is 0 Å². The number of benzene rings is 1. The van der Waals surface area contributed by atoms with Gasteiger partial charge in [-0.2, -0.15) is 0 Å². The number of pyridine rings is 1. The van der Waals surface area contributed by atoms with Crippen molar-refractivity contribution in [1.82, 2.24) is 4.98 Å². The van der Waals surface area contributed by atoms with Gasteiger partial charge in [0.1, 0.15) is 0 Å². The molecule has 0 fully saturated rings. The second-order valence-electron chi connectivity index (χ2n) is 3.26. The van der Waals surface area contributed by atoms with Crippen LogP contribution < -0.4 is 11.1 Å². The minimum absolute atomic E-state index is 0.633. The van der Waals surface area contributed by atoms with Crippen LogP contribution in [0.5, 0.6) is 0 Å². The lowest BCUT2D eigenvalue weighted by atomic mass is 10.3. The molecule has 1 aromatic carbocycles. The Bertz CT molecular complexity index is 516. The Morgan fingerprint density at radius 2 is 2.06 bits per heavy atom. The number of nitrogens with one attached hydrogen (secondary N) is 1. The van der Waals surface area contributed by atoms with Gasteiger partial charge in [0.2, 0.25) is 0 Å². The van der Waals surface area contributed by atoms with Crippen molar-refractivity contribution < 1.29 is 0 Å². The Morgan fingerprint density at radius 1 is 1.25 bits per heavy atom. The molecule has 1 aromatic heterocycles. The largest absolute Gasteiger partial charge is 0.397 e. The SMILES string of the molecule is Nc1cncc(Nc2ccc(Cl)cc2I)c1. The number of aromatic nitrogens is 1. The molecule has 3 N–H and O–H groups in total. The predicted molar refractivity (Wildman–Crippen MR) is 76.1 cm³/mol. The number of rotatable bonds is 2. The van der Waals surface area contributed by atoms with E-state index >= 15 is 0 Å². The summed E-state index contributed by atoms with van der Waals surface area (Å²) in [5.41, 5.74) is 8.13. The quantitative estimate of drug-likeness (QED) is 0.817. The van der Waals surface area contributed by atoms with Gasteiger partial charge in [0.05, 0.1) is 23.3 Å². The lowest BCUT2D eigenvalue weighted by Gasteiger charge is -2.08. The van der Waals surface area contributed by atoms with Crippen molar-refractivity contribution in [1.29, 1.82) is 0 Å². The van der Waals surface area contributed by atoms with Crippen molar-refractivity contribution >= 4 is 51.3 Å². The number of halogens is 2. The molecule has 82 valence electrons. The Morgan fingerprint density at radius 3 is 2.75 bits per heavy atom. The monoisotopic (exact) mass is 345 g/mol. The third-order valence-electron chi connectivity index (χ3n) is 1.97. The van der Waals surface area contributed by atoms with Crippen molar-refractivity contribution in [3.63, 3.8) is 0 Å². The maximum Gasteiger partial charge on any atom is 0.0591 e. The van der Waals surface area contributed by atoms with Crippen LogP contribution in [-0.2, 0) is 0 Å². The highest BCUT2D eigenvalue weighted by Crippen LogP contribution is 2.25. The van der Waals surface area contributed by atoms with Gasteiger partial charge in [-0.3, -0.25) is 4.98 Å². The average Bonchev–Trinajstić information content (AvgIpc) is 2.22. The van der Waals surface area contributed by atoms with Gasteiger partial charge in [-0.05, 0) is 46.9 Å². The summed E-state index contributed by atoms with van der Waals surface area (Å²) >= 11 is 8.10. The van der Waals surface area contributed by atoms with Gasteiger partial charge in [0.15, 0.2) is 0 Å². The molecule has 2 aromatic rings. The highest BCUT2D eigenvalue weighted by Gasteiger charge is 2.01. The third-order valence-corrected chi connectivity index (χ3v) is 3.10. The molecule has 0 saturated heterocycles. The first-order valence-corrected chi connectivity index (χ1v) is 6.03. The van der Waals surface area contributed by atoms with Crippen LogP contribution in [0, 0.1) is 3.57 Å². The number of nitrogens with two attached hydrogens (primary N) is 1. The van der Waals surface area contributed by atoms with Crippen LogP contribution in [0.15, 0.2) is 36.7 Å². The van der Waals surface area contributed by atoms with Gasteiger partial charge < -0.3 is 11.1 Å². The minimum atomic E-state index is 0.633. The molecule has 1 heterocycles. The molecule has 3 nitrogen and oxygen atoms in total. The predicted octanol–water partition coefficient (Wildman–Crippen LogP) is 3.67. The molecular formula is C11H9ClIN3. The van der Waals surface area contributed by atoms with Crippen molar-refractivity contribution in [3.8, 4) is 0 Å². The normalized spacial score (nSPS) is 10.1. The van der Waals surface area contributed by atoms with Gasteiger partial charge in [-0.15, -0.1) is 0 Å². The van der Waals surface area contributed by atoms with Crippen molar-refractivity contribution in [2.45, 2.75) is 0 Å². The lowest BCUT2D eigenvalue weighted by molar-refractivity contribution is 1.32. The molecule has 5 heteroatoms. The first-order valence-electron chi connectivity index (χ1n) is 4.58. The molecular weight excluding hydrogens is 336 g/mol. The smallest absolute Gasteiger partial charge is 0.0591 e. The highest BCUT2D eigenvalue weighted by molar-refractivity contribution is 14.1. The number of anilines is 3. The molecule has 0 saturated carbocycles. The molecule has 0 amide bonds. The molecule has 0 atom stereocenters. The molecule has 0 bridgehead atoms. The number of hydrogen-bond acceptors (Lipinski definition) is 3. The van der Waals surface area contributed by atoms with Crippen LogP contribution >= 0.6 is 34.2 Å². The summed E-state index contributed by atoms with van der Waals surface area (Å²) in [6.45, 7) is 0. The Hall–Kier alpha value is -1.01. The molecule has 0 unspecified atom stereocenters. The van der Waals surface area contributed by atoms with E-state index in [0.717, 1.165) is 20.0 Å². The van der Waals surface area contributed by atoms with E-state index < -0.39 is 0 Å². The first kappa shape index (κ1) is 11.5. The van der Waals surface area contributed by atoms with Crippen LogP contribution in [0.4, 0.5) is 17.1 Å². The number of nitrogen functional groups attached to an aromatic ring is 1. The molecule has 16 heavy (non-hydrogen) atoms. The summed E-state index contributed by atoms with van der Waals surface area (Å²) in [6.07, 6.45) is 3.33. The fourth-order valence-corrected chi connectivity index (χ4v) is 2.28. The summed E-state index contributed by atoms with van der Waals surface area (Å²) in [5, 5.41) is 3.95. The lowest BCUT2D eigenvalue weighted by Crippen LogP contribution is -1.95. The van der Waals surface area contributed by atoms with Crippen LogP contribution in [0.3, 0.4) is 0 Å². The number of hydrogen-bond donors (Lipinski definition) is 2. The first-order chi connectivity index (χ1) is 7.65. The molecule has 0 spiro atoms. The second-order valence-corrected chi connectivity index (χ2v) is 4.85. The highest BCUT2D eigenvalue weighted by atomic mass is 127. The van der Waals surface area contributed by atoms with Crippen LogP contribution in [0.25, 0.3) is 0 Å². The van der Waals surface area contributed by atoms with Gasteiger partial charge >= 0.3 is 0 Å². The van der Waals surface area contributed by atoms with Crippen molar-refractivity contribution in [2.75, 3.05) is 11.1 Å². The van der Waals surface area contributed by atoms with E-state index in [9.17, 15) is 0 Å². The van der Waals surface area contributed by atoms with Crippen LogP contribution in [0.2, 0.25) is 5.02 Å². The summed E-state index contributed by atoms with van der Waals surface area (Å²) in [4.78, 5) is 4.01. The van der Waals surface area contributed by atoms with Gasteiger partial charge in [-0.1, -0.05) is 11.6 Å². The molecule has 0 aliphatic heterocycles. The average molecular weight is 346 g/mol. The topological polar surface area (TPSA) is 50.9 Å². The van der Waals surface area contributed by atoms with E-state index in [2.05, 4.69) is 32.9 Å². The molecule has 2 rings (SSSR count). The molecule has 0 aliphatic rings. The van der Waals surface area contributed by atoms with Gasteiger partial charge in [0.25, 0.3) is 0 Å². The van der Waals surface area contributed by atoms with E-state index in [1.54, 1.807) is 12.4 Å². The number of nitrogens with zero attached hydrogens (tertiary/aromatic N) is 1. The fourth-order valence-electron chi connectivity index (χ4n) is 1.27. The standard InChI is InChI=1S/C11H9ClIN3/c12-7-1-2-11(10(13)3-7)16-9-4-8(14)5-15-6-9/h1-6,16H,14H2. The maximum atomic E-state index is 5.88. The van der Waals surface area contributed by atoms with Crippen molar-refractivity contribution in [3.05, 3.63) is 45.3 Å². The fraction of sp³-hybridized carbons (Fsp3) is 0. The zero-order valence-corrected chi connectivity index (χ0v) is 11.2.